The number of nitrogens with one attached hydrogen (secondary N) is 2. The third-order valence-corrected chi connectivity index (χ3v) is 11.9. The number of rotatable bonds is 14. The average molecular weight is 720 g/mol. The van der Waals surface area contributed by atoms with Gasteiger partial charge >= 0.3 is 5.97 Å². The molecular weight excluding hydrogens is 663 g/mol. The van der Waals surface area contributed by atoms with Crippen LogP contribution >= 0.6 is 0 Å². The lowest BCUT2D eigenvalue weighted by molar-refractivity contribution is -0.140. The number of fused-ring (bicyclic) bond motifs is 8. The quantitative estimate of drug-likeness (QED) is 0.114. The van der Waals surface area contributed by atoms with Gasteiger partial charge < -0.3 is 14.7 Å². The number of hydrogen-bond acceptors (Lipinski definition) is 6. The number of nitrogens with zero attached hydrogens (tertiary/aromatic N) is 3. The van der Waals surface area contributed by atoms with Gasteiger partial charge in [0.2, 0.25) is 0 Å². The van der Waals surface area contributed by atoms with E-state index >= 15 is 0 Å². The maximum atomic E-state index is 14.8. The van der Waals surface area contributed by atoms with E-state index in [1.165, 1.54) is 49.7 Å². The van der Waals surface area contributed by atoms with Gasteiger partial charge in [-0.15, -0.1) is 0 Å². The number of aromatic nitrogens is 4. The highest BCUT2D eigenvalue weighted by Gasteiger charge is 2.40. The number of H-pyrrole nitrogens is 2. The second-order valence-corrected chi connectivity index (χ2v) is 15.1. The molecule has 2 aromatic rings. The summed E-state index contributed by atoms with van der Waals surface area (Å²) in [6, 6.07) is 6.25. The summed E-state index contributed by atoms with van der Waals surface area (Å²) >= 11 is 0. The van der Waals surface area contributed by atoms with Crippen LogP contribution in [0.5, 0.6) is 0 Å². The number of hydrogen-bond donors (Lipinski definition) is 2. The minimum absolute atomic E-state index is 0.0585. The van der Waals surface area contributed by atoms with Crippen LogP contribution in [0.2, 0.25) is 0 Å². The summed E-state index contributed by atoms with van der Waals surface area (Å²) in [4.78, 5) is 60.7. The van der Waals surface area contributed by atoms with Gasteiger partial charge in [-0.1, -0.05) is 72.6 Å². The van der Waals surface area contributed by atoms with Crippen LogP contribution in [0.4, 0.5) is 0 Å². The van der Waals surface area contributed by atoms with Crippen molar-refractivity contribution in [2.24, 2.45) is 0 Å². The molecule has 9 nitrogen and oxygen atoms in total. The molecule has 0 spiro atoms. The lowest BCUT2D eigenvalue weighted by atomic mass is 9.84. The fourth-order valence-electron chi connectivity index (χ4n) is 8.63. The van der Waals surface area contributed by atoms with Gasteiger partial charge in [0.1, 0.15) is 0 Å². The molecule has 6 rings (SSSR count). The van der Waals surface area contributed by atoms with Gasteiger partial charge in [0.05, 0.1) is 46.5 Å². The smallest absolute Gasteiger partial charge is 0.305 e. The van der Waals surface area contributed by atoms with Crippen molar-refractivity contribution in [3.8, 4) is 0 Å². The molecule has 0 saturated heterocycles. The van der Waals surface area contributed by atoms with Crippen molar-refractivity contribution in [1.82, 2.24) is 24.8 Å². The molecular formula is C44H57N5O4. The number of methoxy groups -OCH3 is 1. The molecule has 0 fully saturated rings. The van der Waals surface area contributed by atoms with Gasteiger partial charge in [-0.05, 0) is 92.5 Å². The summed E-state index contributed by atoms with van der Waals surface area (Å²) < 4.78 is 5.06. The molecule has 2 N–H and O–H groups in total. The molecule has 9 heteroatoms. The van der Waals surface area contributed by atoms with Crippen LogP contribution in [0, 0.1) is 6.92 Å². The SMILES string of the molecule is CCCCCCCCCCN1C(=O)c2c3[nH]c(cc4nc(cc5nc(cc6[nH]c2c(c6C)C1=O)C(CC)=C5C)C(CC)=C4C)[C@@H](C)[C@@H]3CCC(=O)OC. The second-order valence-electron chi connectivity index (χ2n) is 15.1. The summed E-state index contributed by atoms with van der Waals surface area (Å²) in [6.45, 7) is 15.2. The average Bonchev–Trinajstić information content (AvgIpc) is 3.82. The highest BCUT2D eigenvalue weighted by molar-refractivity contribution is 6.23. The summed E-state index contributed by atoms with van der Waals surface area (Å²) in [5.41, 5.74) is 12.9. The van der Waals surface area contributed by atoms with Gasteiger partial charge in [-0.3, -0.25) is 19.3 Å². The molecule has 2 aromatic heterocycles. The largest absolute Gasteiger partial charge is 0.469 e. The van der Waals surface area contributed by atoms with Crippen LogP contribution in [-0.2, 0) is 9.53 Å². The molecule has 0 aliphatic carbocycles. The Bertz CT molecular complexity index is 2060. The third-order valence-electron chi connectivity index (χ3n) is 11.9. The number of carbonyl (C=O) groups is 3. The highest BCUT2D eigenvalue weighted by atomic mass is 16.5. The van der Waals surface area contributed by atoms with Crippen molar-refractivity contribution in [3.63, 3.8) is 0 Å². The van der Waals surface area contributed by atoms with Crippen molar-refractivity contribution in [1.29, 1.82) is 0 Å². The fraction of sp³-hybridized carbons (Fsp3) is 0.523. The predicted molar refractivity (Wildman–Crippen MR) is 213 cm³/mol. The Kier molecular flexibility index (Phi) is 11.7. The number of carbonyl (C=O) groups excluding carboxylic acids is 3. The number of esters is 1. The minimum atomic E-state index is -0.301. The van der Waals surface area contributed by atoms with Crippen LogP contribution in [0.1, 0.15) is 191 Å². The summed E-state index contributed by atoms with van der Waals surface area (Å²) in [5, 5.41) is 0. The molecule has 6 heterocycles. The number of ether oxygens (including phenoxy) is 1. The number of unbranched alkanes of at least 4 members (excludes halogenated alkanes) is 7. The topological polar surface area (TPSA) is 121 Å². The molecule has 0 saturated carbocycles. The van der Waals surface area contributed by atoms with E-state index in [9.17, 15) is 14.4 Å². The normalized spacial score (nSPS) is 17.6. The zero-order valence-electron chi connectivity index (χ0n) is 33.1. The predicted octanol–water partition coefficient (Wildman–Crippen LogP) is 10.6. The monoisotopic (exact) mass is 719 g/mol. The van der Waals surface area contributed by atoms with Crippen LogP contribution < -0.4 is 0 Å². The van der Waals surface area contributed by atoms with Gasteiger partial charge in [0.25, 0.3) is 11.8 Å². The van der Waals surface area contributed by atoms with Gasteiger partial charge in [-0.2, -0.15) is 0 Å². The van der Waals surface area contributed by atoms with E-state index < -0.39 is 0 Å². The van der Waals surface area contributed by atoms with Crippen molar-refractivity contribution in [3.05, 3.63) is 69.1 Å². The van der Waals surface area contributed by atoms with Gasteiger partial charge in [0.15, 0.2) is 0 Å². The van der Waals surface area contributed by atoms with E-state index in [-0.39, 0.29) is 36.0 Å². The molecule has 0 radical (unpaired) electrons. The Morgan fingerprint density at radius 1 is 0.774 bits per heavy atom. The molecule has 4 aliphatic heterocycles. The molecule has 2 amide bonds. The number of aryl methyl sites for hydroxylation is 1. The Labute approximate surface area is 314 Å². The Morgan fingerprint density at radius 3 is 1.98 bits per heavy atom. The molecule has 8 bridgehead atoms. The summed E-state index contributed by atoms with van der Waals surface area (Å²) in [6.07, 6.45) is 11.3. The molecule has 53 heavy (non-hydrogen) atoms. The third kappa shape index (κ3) is 7.24. The summed E-state index contributed by atoms with van der Waals surface area (Å²) in [5.74, 6) is -1.11. The maximum Gasteiger partial charge on any atom is 0.305 e. The van der Waals surface area contributed by atoms with E-state index in [2.05, 4.69) is 63.6 Å². The van der Waals surface area contributed by atoms with E-state index in [4.69, 9.17) is 14.7 Å². The Balaban J connectivity index is 1.59. The molecule has 0 unspecified atom stereocenters. The molecule has 282 valence electrons. The first-order valence-electron chi connectivity index (χ1n) is 19.9. The van der Waals surface area contributed by atoms with Crippen molar-refractivity contribution in [2.75, 3.05) is 13.7 Å². The number of imide groups is 1. The first kappa shape index (κ1) is 38.2. The van der Waals surface area contributed by atoms with Gasteiger partial charge in [-0.25, -0.2) is 9.97 Å². The van der Waals surface area contributed by atoms with E-state index in [1.54, 1.807) is 0 Å². The van der Waals surface area contributed by atoms with E-state index in [1.807, 2.05) is 13.0 Å². The molecule has 2 atom stereocenters. The highest BCUT2D eigenvalue weighted by Crippen LogP contribution is 2.45. The fourth-order valence-corrected chi connectivity index (χ4v) is 8.63. The standard InChI is InChI=1S/C44H57N5O4/c1-9-12-13-14-15-16-17-18-21-49-43(51)39-28(7)35-24-37-30(11-3)26(5)33(46-37)23-36-29(10-2)25(4)32(45-36)22-34-27(6)31(19-20-38(50)53-8)41(47-34)40(44(49)52)42(39)48-35/h22-24,27,31,47-48H,9-21H2,1-8H3/t27-,31-/m0/s1. The summed E-state index contributed by atoms with van der Waals surface area (Å²) in [7, 11) is 1.40. The minimum Gasteiger partial charge on any atom is -0.469 e. The number of allylic oxidation sites excluding steroid dienone is 4. The number of aromatic amines is 2. The van der Waals surface area contributed by atoms with Crippen LogP contribution in [0.15, 0.2) is 18.2 Å². The van der Waals surface area contributed by atoms with Crippen LogP contribution in [-0.4, -0.2) is 56.3 Å². The zero-order valence-corrected chi connectivity index (χ0v) is 33.1. The lowest BCUT2D eigenvalue weighted by Crippen LogP contribution is -2.41. The van der Waals surface area contributed by atoms with Crippen molar-refractivity contribution in [2.45, 2.75) is 137 Å². The van der Waals surface area contributed by atoms with Crippen molar-refractivity contribution >= 4 is 51.1 Å². The second kappa shape index (κ2) is 16.2. The Hall–Kier alpha value is -4.53. The molecule has 4 aliphatic rings. The molecule has 0 aromatic carbocycles. The van der Waals surface area contributed by atoms with E-state index in [0.29, 0.717) is 29.6 Å². The number of amides is 2. The van der Waals surface area contributed by atoms with Gasteiger partial charge in [0, 0.05) is 41.7 Å². The van der Waals surface area contributed by atoms with Crippen LogP contribution in [0.25, 0.3) is 33.3 Å². The lowest BCUT2D eigenvalue weighted by Gasteiger charge is -2.27. The first-order valence-corrected chi connectivity index (χ1v) is 19.9. The van der Waals surface area contributed by atoms with Crippen LogP contribution in [0.3, 0.4) is 0 Å². The Morgan fingerprint density at radius 2 is 1.36 bits per heavy atom. The van der Waals surface area contributed by atoms with E-state index in [0.717, 1.165) is 94.1 Å². The first-order chi connectivity index (χ1) is 25.5. The zero-order chi connectivity index (χ0) is 38.0. The van der Waals surface area contributed by atoms with Crippen molar-refractivity contribution < 1.29 is 19.1 Å². The maximum absolute atomic E-state index is 14.8.